The summed E-state index contributed by atoms with van der Waals surface area (Å²) in [7, 11) is 0. The molecule has 2 heterocycles. The maximum Gasteiger partial charge on any atom is 0.222 e. The summed E-state index contributed by atoms with van der Waals surface area (Å²) < 4.78 is 0. The van der Waals surface area contributed by atoms with Gasteiger partial charge in [0, 0.05) is 29.4 Å². The third-order valence-corrected chi connectivity index (χ3v) is 3.85. The van der Waals surface area contributed by atoms with Crippen LogP contribution in [0, 0.1) is 12.8 Å². The second-order valence-corrected chi connectivity index (χ2v) is 5.37. The van der Waals surface area contributed by atoms with Crippen molar-refractivity contribution in [2.75, 3.05) is 18.4 Å². The van der Waals surface area contributed by atoms with Gasteiger partial charge in [-0.1, -0.05) is 6.92 Å². The highest BCUT2D eigenvalue weighted by Gasteiger charge is 2.05. The molecule has 0 saturated carbocycles. The number of nitrogens with two attached hydrogens (primary N) is 1. The summed E-state index contributed by atoms with van der Waals surface area (Å²) in [5, 5.41) is 5.27. The van der Waals surface area contributed by atoms with Crippen LogP contribution in [0.3, 0.4) is 0 Å². The summed E-state index contributed by atoms with van der Waals surface area (Å²) in [6.45, 7) is 5.66. The minimum absolute atomic E-state index is 0.424. The molecule has 18 heavy (non-hydrogen) atoms. The van der Waals surface area contributed by atoms with Gasteiger partial charge in [0.15, 0.2) is 0 Å². The molecular formula is C13H18N4S. The van der Waals surface area contributed by atoms with Gasteiger partial charge in [0.1, 0.15) is 0 Å². The molecule has 0 saturated heterocycles. The van der Waals surface area contributed by atoms with E-state index in [9.17, 15) is 0 Å². The second-order valence-electron chi connectivity index (χ2n) is 4.45. The molecule has 0 aliphatic rings. The molecule has 5 heteroatoms. The lowest BCUT2D eigenvalue weighted by Gasteiger charge is -2.09. The van der Waals surface area contributed by atoms with E-state index in [0.717, 1.165) is 12.1 Å². The molecule has 1 atom stereocenters. The van der Waals surface area contributed by atoms with Crippen LogP contribution in [0.15, 0.2) is 23.8 Å². The topological polar surface area (TPSA) is 63.8 Å². The molecule has 0 aliphatic heterocycles. The Morgan fingerprint density at radius 2 is 2.11 bits per heavy atom. The second kappa shape index (κ2) is 5.93. The van der Waals surface area contributed by atoms with E-state index in [-0.39, 0.29) is 0 Å². The summed E-state index contributed by atoms with van der Waals surface area (Å²) >= 11 is 1.71. The molecule has 4 nitrogen and oxygen atoms in total. The van der Waals surface area contributed by atoms with Crippen molar-refractivity contribution >= 4 is 17.3 Å². The number of hydrogen-bond donors (Lipinski definition) is 2. The van der Waals surface area contributed by atoms with E-state index in [1.54, 1.807) is 11.3 Å². The Morgan fingerprint density at radius 3 is 2.67 bits per heavy atom. The molecule has 2 rings (SSSR count). The molecule has 96 valence electrons. The SMILES string of the molecule is Cc1ccsc1-c1cnc(NCC(C)CN)nc1. The first kappa shape index (κ1) is 13.0. The van der Waals surface area contributed by atoms with Gasteiger partial charge in [-0.2, -0.15) is 0 Å². The smallest absolute Gasteiger partial charge is 0.222 e. The summed E-state index contributed by atoms with van der Waals surface area (Å²) in [5.41, 5.74) is 7.90. The summed E-state index contributed by atoms with van der Waals surface area (Å²) in [5.74, 6) is 1.08. The first-order valence-electron chi connectivity index (χ1n) is 6.01. The Bertz CT molecular complexity index is 492. The fourth-order valence-corrected chi connectivity index (χ4v) is 2.46. The molecule has 2 aromatic rings. The molecule has 1 unspecified atom stereocenters. The molecular weight excluding hydrogens is 244 g/mol. The number of anilines is 1. The van der Waals surface area contributed by atoms with E-state index in [1.807, 2.05) is 12.4 Å². The van der Waals surface area contributed by atoms with Crippen LogP contribution in [0.25, 0.3) is 10.4 Å². The highest BCUT2D eigenvalue weighted by Crippen LogP contribution is 2.27. The van der Waals surface area contributed by atoms with E-state index < -0.39 is 0 Å². The zero-order chi connectivity index (χ0) is 13.0. The van der Waals surface area contributed by atoms with Gasteiger partial charge in [0.05, 0.1) is 0 Å². The maximum absolute atomic E-state index is 5.56. The van der Waals surface area contributed by atoms with Crippen LogP contribution in [0.2, 0.25) is 0 Å². The first-order chi connectivity index (χ1) is 8.70. The number of aromatic nitrogens is 2. The van der Waals surface area contributed by atoms with E-state index in [0.29, 0.717) is 18.4 Å². The number of nitrogens with zero attached hydrogens (tertiary/aromatic N) is 2. The lowest BCUT2D eigenvalue weighted by atomic mass is 10.2. The van der Waals surface area contributed by atoms with Gasteiger partial charge in [-0.05, 0) is 36.4 Å². The van der Waals surface area contributed by atoms with Gasteiger partial charge in [-0.25, -0.2) is 9.97 Å². The van der Waals surface area contributed by atoms with Crippen LogP contribution in [0.1, 0.15) is 12.5 Å². The predicted octanol–water partition coefficient (Wildman–Crippen LogP) is 2.52. The Hall–Kier alpha value is -1.46. The number of aryl methyl sites for hydroxylation is 1. The number of rotatable bonds is 5. The van der Waals surface area contributed by atoms with Crippen molar-refractivity contribution in [1.29, 1.82) is 0 Å². The van der Waals surface area contributed by atoms with E-state index in [4.69, 9.17) is 5.73 Å². The number of hydrogen-bond acceptors (Lipinski definition) is 5. The van der Waals surface area contributed by atoms with Crippen LogP contribution in [0.5, 0.6) is 0 Å². The van der Waals surface area contributed by atoms with Gasteiger partial charge >= 0.3 is 0 Å². The van der Waals surface area contributed by atoms with Crippen molar-refractivity contribution in [3.63, 3.8) is 0 Å². The Labute approximate surface area is 111 Å². The van der Waals surface area contributed by atoms with Crippen molar-refractivity contribution in [2.24, 2.45) is 11.7 Å². The molecule has 0 amide bonds. The summed E-state index contributed by atoms with van der Waals surface area (Å²) in [6, 6.07) is 2.11. The summed E-state index contributed by atoms with van der Waals surface area (Å²) in [6.07, 6.45) is 3.72. The average Bonchev–Trinajstić information content (AvgIpc) is 2.83. The highest BCUT2D eigenvalue weighted by atomic mass is 32.1. The normalized spacial score (nSPS) is 12.4. The molecule has 0 fully saturated rings. The largest absolute Gasteiger partial charge is 0.354 e. The molecule has 0 radical (unpaired) electrons. The molecule has 0 bridgehead atoms. The van der Waals surface area contributed by atoms with Crippen molar-refractivity contribution in [2.45, 2.75) is 13.8 Å². The van der Waals surface area contributed by atoms with Crippen LogP contribution in [-0.4, -0.2) is 23.1 Å². The molecule has 0 aromatic carbocycles. The van der Waals surface area contributed by atoms with Crippen LogP contribution in [-0.2, 0) is 0 Å². The van der Waals surface area contributed by atoms with E-state index in [2.05, 4.69) is 40.6 Å². The zero-order valence-corrected chi connectivity index (χ0v) is 11.5. The van der Waals surface area contributed by atoms with Crippen molar-refractivity contribution in [3.05, 3.63) is 29.4 Å². The standard InChI is InChI=1S/C13H18N4S/c1-9(5-14)6-15-13-16-7-11(8-17-13)12-10(2)3-4-18-12/h3-4,7-9H,5-6,14H2,1-2H3,(H,15,16,17). The van der Waals surface area contributed by atoms with E-state index in [1.165, 1.54) is 10.4 Å². The Morgan fingerprint density at radius 1 is 1.39 bits per heavy atom. The molecule has 0 aliphatic carbocycles. The van der Waals surface area contributed by atoms with Crippen molar-refractivity contribution in [1.82, 2.24) is 9.97 Å². The predicted molar refractivity (Wildman–Crippen MR) is 76.8 cm³/mol. The average molecular weight is 262 g/mol. The maximum atomic E-state index is 5.56. The lowest BCUT2D eigenvalue weighted by molar-refractivity contribution is 0.625. The molecule has 3 N–H and O–H groups in total. The highest BCUT2D eigenvalue weighted by molar-refractivity contribution is 7.13. The van der Waals surface area contributed by atoms with Gasteiger partial charge < -0.3 is 11.1 Å². The summed E-state index contributed by atoms with van der Waals surface area (Å²) in [4.78, 5) is 9.88. The van der Waals surface area contributed by atoms with Crippen LogP contribution in [0.4, 0.5) is 5.95 Å². The fourth-order valence-electron chi connectivity index (χ4n) is 1.55. The lowest BCUT2D eigenvalue weighted by Crippen LogP contribution is -2.20. The Kier molecular flexibility index (Phi) is 4.28. The quantitative estimate of drug-likeness (QED) is 0.869. The zero-order valence-electron chi connectivity index (χ0n) is 10.7. The fraction of sp³-hybridized carbons (Fsp3) is 0.385. The number of nitrogens with one attached hydrogen (secondary N) is 1. The van der Waals surface area contributed by atoms with Gasteiger partial charge in [-0.3, -0.25) is 0 Å². The molecule has 0 spiro atoms. The minimum Gasteiger partial charge on any atom is -0.354 e. The van der Waals surface area contributed by atoms with Crippen LogP contribution >= 0.6 is 11.3 Å². The van der Waals surface area contributed by atoms with E-state index >= 15 is 0 Å². The van der Waals surface area contributed by atoms with Crippen LogP contribution < -0.4 is 11.1 Å². The van der Waals surface area contributed by atoms with Crippen molar-refractivity contribution < 1.29 is 0 Å². The monoisotopic (exact) mass is 262 g/mol. The van der Waals surface area contributed by atoms with Crippen molar-refractivity contribution in [3.8, 4) is 10.4 Å². The van der Waals surface area contributed by atoms with Gasteiger partial charge in [0.2, 0.25) is 5.95 Å². The minimum atomic E-state index is 0.424. The van der Waals surface area contributed by atoms with Gasteiger partial charge in [-0.15, -0.1) is 11.3 Å². The van der Waals surface area contributed by atoms with Gasteiger partial charge in [0.25, 0.3) is 0 Å². The number of thiophene rings is 1. The Balaban J connectivity index is 2.04. The molecule has 2 aromatic heterocycles. The third kappa shape index (κ3) is 3.05. The third-order valence-electron chi connectivity index (χ3n) is 2.79. The first-order valence-corrected chi connectivity index (χ1v) is 6.89.